The van der Waals surface area contributed by atoms with E-state index in [-0.39, 0.29) is 6.04 Å². The van der Waals surface area contributed by atoms with E-state index in [1.165, 1.54) is 0 Å². The number of halogens is 1. The van der Waals surface area contributed by atoms with E-state index in [0.717, 1.165) is 30.0 Å². The number of para-hydroxylation sites is 1. The summed E-state index contributed by atoms with van der Waals surface area (Å²) in [5.74, 6) is 0.818. The molecule has 0 saturated carbocycles. The lowest BCUT2D eigenvalue weighted by molar-refractivity contribution is 0.252. The van der Waals surface area contributed by atoms with Gasteiger partial charge in [0, 0.05) is 37.8 Å². The number of benzene rings is 1. The molecule has 0 spiro atoms. The number of rotatable bonds is 3. The van der Waals surface area contributed by atoms with E-state index in [0.29, 0.717) is 11.6 Å². The van der Waals surface area contributed by atoms with Crippen molar-refractivity contribution in [3.8, 4) is 5.75 Å². The average Bonchev–Trinajstić information content (AvgIpc) is 2.82. The summed E-state index contributed by atoms with van der Waals surface area (Å²) < 4.78 is 7.67. The van der Waals surface area contributed by atoms with Crippen LogP contribution >= 0.6 is 11.6 Å². The molecule has 0 radical (unpaired) electrons. The molecule has 4 nitrogen and oxygen atoms in total. The maximum absolute atomic E-state index is 6.17. The van der Waals surface area contributed by atoms with E-state index in [2.05, 4.69) is 16.4 Å². The van der Waals surface area contributed by atoms with Gasteiger partial charge in [0.2, 0.25) is 0 Å². The van der Waals surface area contributed by atoms with E-state index in [4.69, 9.17) is 16.3 Å². The molecule has 2 aromatic rings. The summed E-state index contributed by atoms with van der Waals surface area (Å²) in [5, 5.41) is 4.23. The first-order chi connectivity index (χ1) is 9.25. The van der Waals surface area contributed by atoms with Crippen LogP contribution in [0.25, 0.3) is 0 Å². The monoisotopic (exact) mass is 277 g/mol. The molecule has 1 unspecified atom stereocenters. The van der Waals surface area contributed by atoms with Gasteiger partial charge in [-0.05, 0) is 6.07 Å². The standard InChI is InChI=1S/C14H16ClN3O/c1-18-9-16-7-10(18)8-17-13-5-6-19-14-11(13)3-2-4-12(14)15/h2-4,7,9,13,17H,5-6,8H2,1H3. The first kappa shape index (κ1) is 12.5. The van der Waals surface area contributed by atoms with Crippen LogP contribution in [0.1, 0.15) is 23.7 Å². The van der Waals surface area contributed by atoms with Crippen molar-refractivity contribution in [1.29, 1.82) is 0 Å². The predicted molar refractivity (Wildman–Crippen MR) is 74.4 cm³/mol. The fourth-order valence-corrected chi connectivity index (χ4v) is 2.62. The molecule has 5 heteroatoms. The normalized spacial score (nSPS) is 17.9. The third-order valence-electron chi connectivity index (χ3n) is 3.47. The van der Waals surface area contributed by atoms with Crippen molar-refractivity contribution < 1.29 is 4.74 Å². The summed E-state index contributed by atoms with van der Waals surface area (Å²) in [6.45, 7) is 1.48. The molecule has 0 amide bonds. The van der Waals surface area contributed by atoms with Gasteiger partial charge in [-0.3, -0.25) is 0 Å². The van der Waals surface area contributed by atoms with Gasteiger partial charge in [-0.2, -0.15) is 0 Å². The number of ether oxygens (including phenoxy) is 1. The maximum atomic E-state index is 6.17. The number of aryl methyl sites for hydroxylation is 1. The zero-order valence-electron chi connectivity index (χ0n) is 10.8. The summed E-state index contributed by atoms with van der Waals surface area (Å²) in [6, 6.07) is 6.18. The van der Waals surface area contributed by atoms with Gasteiger partial charge in [-0.25, -0.2) is 4.98 Å². The molecule has 1 aliphatic heterocycles. The third-order valence-corrected chi connectivity index (χ3v) is 3.77. The minimum absolute atomic E-state index is 0.275. The zero-order chi connectivity index (χ0) is 13.2. The Morgan fingerprint density at radius 1 is 1.53 bits per heavy atom. The highest BCUT2D eigenvalue weighted by molar-refractivity contribution is 6.32. The number of fused-ring (bicyclic) bond motifs is 1. The highest BCUT2D eigenvalue weighted by atomic mass is 35.5. The fraction of sp³-hybridized carbons (Fsp3) is 0.357. The number of nitrogens with one attached hydrogen (secondary N) is 1. The number of imidazole rings is 1. The Bertz CT molecular complexity index is 582. The van der Waals surface area contributed by atoms with Gasteiger partial charge in [0.05, 0.1) is 23.7 Å². The van der Waals surface area contributed by atoms with E-state index < -0.39 is 0 Å². The highest BCUT2D eigenvalue weighted by Gasteiger charge is 2.22. The summed E-state index contributed by atoms with van der Waals surface area (Å²) >= 11 is 6.17. The van der Waals surface area contributed by atoms with Crippen LogP contribution in [0.2, 0.25) is 5.02 Å². The summed E-state index contributed by atoms with van der Waals surface area (Å²) in [4.78, 5) is 4.12. The van der Waals surface area contributed by atoms with Crippen LogP contribution in [0.15, 0.2) is 30.7 Å². The second-order valence-electron chi connectivity index (χ2n) is 4.72. The van der Waals surface area contributed by atoms with Crippen molar-refractivity contribution >= 4 is 11.6 Å². The summed E-state index contributed by atoms with van der Waals surface area (Å²) in [5.41, 5.74) is 2.30. The molecule has 0 aliphatic carbocycles. The predicted octanol–water partition coefficient (Wildman–Crippen LogP) is 2.69. The molecule has 0 saturated heterocycles. The van der Waals surface area contributed by atoms with Crippen LogP contribution in [0, 0.1) is 0 Å². The van der Waals surface area contributed by atoms with Gasteiger partial charge in [0.1, 0.15) is 5.75 Å². The van der Waals surface area contributed by atoms with Crippen molar-refractivity contribution in [3.63, 3.8) is 0 Å². The second-order valence-corrected chi connectivity index (χ2v) is 5.13. The van der Waals surface area contributed by atoms with E-state index in [1.54, 1.807) is 0 Å². The van der Waals surface area contributed by atoms with Gasteiger partial charge in [0.15, 0.2) is 0 Å². The second kappa shape index (κ2) is 5.23. The van der Waals surface area contributed by atoms with Gasteiger partial charge in [-0.1, -0.05) is 23.7 Å². The minimum atomic E-state index is 0.275. The van der Waals surface area contributed by atoms with E-state index >= 15 is 0 Å². The number of nitrogens with zero attached hydrogens (tertiary/aromatic N) is 2. The molecule has 1 atom stereocenters. The Balaban J connectivity index is 1.77. The Morgan fingerprint density at radius 3 is 3.21 bits per heavy atom. The smallest absolute Gasteiger partial charge is 0.142 e. The lowest BCUT2D eigenvalue weighted by Gasteiger charge is -2.27. The Kier molecular flexibility index (Phi) is 3.44. The highest BCUT2D eigenvalue weighted by Crippen LogP contribution is 2.37. The first-order valence-corrected chi connectivity index (χ1v) is 6.73. The molecule has 0 bridgehead atoms. The molecule has 3 rings (SSSR count). The van der Waals surface area contributed by atoms with Crippen LogP contribution in [0.5, 0.6) is 5.75 Å². The third kappa shape index (κ3) is 2.46. The van der Waals surface area contributed by atoms with Crippen molar-refractivity contribution in [2.24, 2.45) is 7.05 Å². The van der Waals surface area contributed by atoms with E-state index in [1.807, 2.05) is 36.3 Å². The van der Waals surface area contributed by atoms with Crippen LogP contribution in [0.4, 0.5) is 0 Å². The summed E-state index contributed by atoms with van der Waals surface area (Å²) in [7, 11) is 2.00. The average molecular weight is 278 g/mol. The topological polar surface area (TPSA) is 39.1 Å². The van der Waals surface area contributed by atoms with Crippen LogP contribution in [0.3, 0.4) is 0 Å². The van der Waals surface area contributed by atoms with Crippen molar-refractivity contribution in [1.82, 2.24) is 14.9 Å². The van der Waals surface area contributed by atoms with Crippen LogP contribution < -0.4 is 10.1 Å². The van der Waals surface area contributed by atoms with E-state index in [9.17, 15) is 0 Å². The molecule has 19 heavy (non-hydrogen) atoms. The molecular formula is C14H16ClN3O. The SMILES string of the molecule is Cn1cncc1CNC1CCOc2c(Cl)cccc21. The Morgan fingerprint density at radius 2 is 2.42 bits per heavy atom. The number of aromatic nitrogens is 2. The molecular weight excluding hydrogens is 262 g/mol. The molecule has 1 aromatic carbocycles. The molecule has 1 aliphatic rings. The summed E-state index contributed by atoms with van der Waals surface area (Å²) in [6.07, 6.45) is 4.64. The van der Waals surface area contributed by atoms with Crippen molar-refractivity contribution in [3.05, 3.63) is 47.0 Å². The zero-order valence-corrected chi connectivity index (χ0v) is 11.5. The Hall–Kier alpha value is -1.52. The molecule has 0 fully saturated rings. The van der Waals surface area contributed by atoms with Gasteiger partial charge >= 0.3 is 0 Å². The number of hydrogen-bond donors (Lipinski definition) is 1. The Labute approximate surface area is 117 Å². The van der Waals surface area contributed by atoms with Gasteiger partial charge < -0.3 is 14.6 Å². The van der Waals surface area contributed by atoms with Crippen LogP contribution in [-0.4, -0.2) is 16.2 Å². The van der Waals surface area contributed by atoms with Crippen molar-refractivity contribution in [2.75, 3.05) is 6.61 Å². The molecule has 1 aromatic heterocycles. The van der Waals surface area contributed by atoms with Gasteiger partial charge in [-0.15, -0.1) is 0 Å². The van der Waals surface area contributed by atoms with Crippen molar-refractivity contribution in [2.45, 2.75) is 19.0 Å². The molecule has 2 heterocycles. The molecule has 100 valence electrons. The quantitative estimate of drug-likeness (QED) is 0.938. The first-order valence-electron chi connectivity index (χ1n) is 6.35. The van der Waals surface area contributed by atoms with Crippen LogP contribution in [-0.2, 0) is 13.6 Å². The lowest BCUT2D eigenvalue weighted by Crippen LogP contribution is -2.27. The fourth-order valence-electron chi connectivity index (χ4n) is 2.38. The molecule has 1 N–H and O–H groups in total. The van der Waals surface area contributed by atoms with Gasteiger partial charge in [0.25, 0.3) is 0 Å². The minimum Gasteiger partial charge on any atom is -0.492 e. The maximum Gasteiger partial charge on any atom is 0.142 e. The largest absolute Gasteiger partial charge is 0.492 e. The lowest BCUT2D eigenvalue weighted by atomic mass is 10.0. The number of hydrogen-bond acceptors (Lipinski definition) is 3.